The van der Waals surface area contributed by atoms with Gasteiger partial charge in [-0.2, -0.15) is 0 Å². The third kappa shape index (κ3) is 2.18. The van der Waals surface area contributed by atoms with Crippen molar-refractivity contribution in [2.45, 2.75) is 19.8 Å². The molecule has 0 saturated heterocycles. The zero-order chi connectivity index (χ0) is 10.7. The second kappa shape index (κ2) is 4.45. The monoisotopic (exact) mass is 204 g/mol. The molecule has 0 atom stereocenters. The average molecular weight is 204 g/mol. The Hall–Kier alpha value is -1.35. The number of fused-ring (bicyclic) bond motifs is 1. The molecule has 0 aliphatic carbocycles. The fourth-order valence-corrected chi connectivity index (χ4v) is 1.71. The number of methoxy groups -OCH3 is 1. The fourth-order valence-electron chi connectivity index (χ4n) is 1.71. The molecule has 15 heavy (non-hydrogen) atoms. The van der Waals surface area contributed by atoms with Crippen molar-refractivity contribution in [3.8, 4) is 0 Å². The van der Waals surface area contributed by atoms with E-state index in [1.807, 2.05) is 6.20 Å². The van der Waals surface area contributed by atoms with Gasteiger partial charge >= 0.3 is 0 Å². The minimum absolute atomic E-state index is 0.792. The first-order chi connectivity index (χ1) is 7.31. The Labute approximate surface area is 89.7 Å². The molecule has 0 amide bonds. The smallest absolute Gasteiger partial charge is 0.113 e. The highest BCUT2D eigenvalue weighted by Gasteiger charge is 2.02. The molecule has 0 N–H and O–H groups in total. The minimum Gasteiger partial charge on any atom is -0.385 e. The van der Waals surface area contributed by atoms with Gasteiger partial charge in [0.2, 0.25) is 0 Å². The maximum absolute atomic E-state index is 5.04. The van der Waals surface area contributed by atoms with Crippen LogP contribution in [0.3, 0.4) is 0 Å². The van der Waals surface area contributed by atoms with E-state index in [4.69, 9.17) is 4.74 Å². The zero-order valence-electron chi connectivity index (χ0n) is 9.23. The van der Waals surface area contributed by atoms with Gasteiger partial charge in [0.15, 0.2) is 0 Å². The Bertz CT molecular complexity index is 448. The van der Waals surface area contributed by atoms with Gasteiger partial charge in [0.1, 0.15) is 5.82 Å². The standard InChI is InChI=1S/C12H16N2O/c1-10-5-6-11-8-13-12(14(11)9-10)4-3-7-15-2/h5-6,8-9H,3-4,7H2,1-2H3. The zero-order valence-corrected chi connectivity index (χ0v) is 9.23. The number of imidazole rings is 1. The van der Waals surface area contributed by atoms with E-state index in [0.29, 0.717) is 0 Å². The van der Waals surface area contributed by atoms with E-state index in [2.05, 4.69) is 34.6 Å². The van der Waals surface area contributed by atoms with Crippen LogP contribution in [-0.4, -0.2) is 23.1 Å². The molecular weight excluding hydrogens is 188 g/mol. The summed E-state index contributed by atoms with van der Waals surface area (Å²) in [6.45, 7) is 2.89. The number of hydrogen-bond donors (Lipinski definition) is 0. The van der Waals surface area contributed by atoms with Gasteiger partial charge in [0, 0.05) is 26.3 Å². The van der Waals surface area contributed by atoms with Gasteiger partial charge in [-0.1, -0.05) is 6.07 Å². The molecule has 0 fully saturated rings. The molecule has 2 rings (SSSR count). The fraction of sp³-hybridized carbons (Fsp3) is 0.417. The molecule has 0 radical (unpaired) electrons. The maximum atomic E-state index is 5.04. The Morgan fingerprint density at radius 1 is 1.40 bits per heavy atom. The van der Waals surface area contributed by atoms with Crippen LogP contribution in [0.2, 0.25) is 0 Å². The molecule has 0 saturated carbocycles. The molecule has 2 aromatic heterocycles. The molecule has 80 valence electrons. The topological polar surface area (TPSA) is 26.5 Å². The summed E-state index contributed by atoms with van der Waals surface area (Å²) in [5, 5.41) is 0. The number of aryl methyl sites for hydroxylation is 2. The molecule has 0 aliphatic heterocycles. The van der Waals surface area contributed by atoms with Gasteiger partial charge in [-0.15, -0.1) is 0 Å². The van der Waals surface area contributed by atoms with Gasteiger partial charge in [-0.25, -0.2) is 4.98 Å². The van der Waals surface area contributed by atoms with Gasteiger partial charge in [0.05, 0.1) is 11.7 Å². The summed E-state index contributed by atoms with van der Waals surface area (Å²) < 4.78 is 7.20. The number of nitrogens with zero attached hydrogens (tertiary/aromatic N) is 2. The lowest BCUT2D eigenvalue weighted by Crippen LogP contribution is -1.98. The second-order valence-corrected chi connectivity index (χ2v) is 3.77. The number of ether oxygens (including phenoxy) is 1. The first-order valence-electron chi connectivity index (χ1n) is 5.23. The van der Waals surface area contributed by atoms with Crippen molar-refractivity contribution >= 4 is 5.52 Å². The normalized spacial score (nSPS) is 11.1. The minimum atomic E-state index is 0.792. The maximum Gasteiger partial charge on any atom is 0.113 e. The van der Waals surface area contributed by atoms with E-state index < -0.39 is 0 Å². The largest absolute Gasteiger partial charge is 0.385 e. The van der Waals surface area contributed by atoms with Gasteiger partial charge in [-0.05, 0) is 25.0 Å². The highest BCUT2D eigenvalue weighted by atomic mass is 16.5. The molecule has 0 aromatic carbocycles. The van der Waals surface area contributed by atoms with Crippen LogP contribution in [0.15, 0.2) is 24.5 Å². The van der Waals surface area contributed by atoms with Crippen molar-refractivity contribution in [2.75, 3.05) is 13.7 Å². The predicted octanol–water partition coefficient (Wildman–Crippen LogP) is 2.22. The summed E-state index contributed by atoms with van der Waals surface area (Å²) in [6.07, 6.45) is 6.03. The summed E-state index contributed by atoms with van der Waals surface area (Å²) in [4.78, 5) is 4.42. The summed E-state index contributed by atoms with van der Waals surface area (Å²) in [7, 11) is 1.73. The van der Waals surface area contributed by atoms with Crippen LogP contribution < -0.4 is 0 Å². The van der Waals surface area contributed by atoms with Crippen molar-refractivity contribution in [3.63, 3.8) is 0 Å². The van der Waals surface area contributed by atoms with E-state index in [1.165, 1.54) is 5.56 Å². The molecule has 3 heteroatoms. The molecule has 0 unspecified atom stereocenters. The van der Waals surface area contributed by atoms with Crippen LogP contribution in [0.5, 0.6) is 0 Å². The van der Waals surface area contributed by atoms with Crippen molar-refractivity contribution < 1.29 is 4.74 Å². The molecule has 0 bridgehead atoms. The van der Waals surface area contributed by atoms with E-state index >= 15 is 0 Å². The van der Waals surface area contributed by atoms with Gasteiger partial charge in [0.25, 0.3) is 0 Å². The lowest BCUT2D eigenvalue weighted by Gasteiger charge is -2.02. The molecule has 0 spiro atoms. The molecule has 3 nitrogen and oxygen atoms in total. The van der Waals surface area contributed by atoms with E-state index in [0.717, 1.165) is 30.8 Å². The summed E-state index contributed by atoms with van der Waals surface area (Å²) >= 11 is 0. The van der Waals surface area contributed by atoms with Crippen LogP contribution in [0, 0.1) is 6.92 Å². The number of pyridine rings is 1. The SMILES string of the molecule is COCCCc1ncc2ccc(C)cn12. The van der Waals surface area contributed by atoms with Crippen molar-refractivity contribution in [3.05, 3.63) is 35.9 Å². The highest BCUT2D eigenvalue weighted by Crippen LogP contribution is 2.10. The van der Waals surface area contributed by atoms with Crippen molar-refractivity contribution in [1.82, 2.24) is 9.38 Å². The quantitative estimate of drug-likeness (QED) is 0.714. The van der Waals surface area contributed by atoms with Crippen LogP contribution in [0.4, 0.5) is 0 Å². The Morgan fingerprint density at radius 2 is 2.27 bits per heavy atom. The summed E-state index contributed by atoms with van der Waals surface area (Å²) in [6, 6.07) is 4.21. The first kappa shape index (κ1) is 10.2. The van der Waals surface area contributed by atoms with E-state index in [-0.39, 0.29) is 0 Å². The molecule has 0 aliphatic rings. The highest BCUT2D eigenvalue weighted by molar-refractivity contribution is 5.46. The Kier molecular flexibility index (Phi) is 3.02. The number of aromatic nitrogens is 2. The second-order valence-electron chi connectivity index (χ2n) is 3.77. The molecular formula is C12H16N2O. The third-order valence-electron chi connectivity index (χ3n) is 2.50. The average Bonchev–Trinajstić information content (AvgIpc) is 2.62. The third-order valence-corrected chi connectivity index (χ3v) is 2.50. The van der Waals surface area contributed by atoms with Gasteiger partial charge < -0.3 is 9.14 Å². The van der Waals surface area contributed by atoms with Crippen LogP contribution in [0.1, 0.15) is 17.8 Å². The first-order valence-corrected chi connectivity index (χ1v) is 5.23. The van der Waals surface area contributed by atoms with Crippen LogP contribution >= 0.6 is 0 Å². The Balaban J connectivity index is 2.23. The number of rotatable bonds is 4. The summed E-state index contributed by atoms with van der Waals surface area (Å²) in [5.41, 5.74) is 2.42. The van der Waals surface area contributed by atoms with E-state index in [9.17, 15) is 0 Å². The van der Waals surface area contributed by atoms with Gasteiger partial charge in [-0.3, -0.25) is 0 Å². The lowest BCUT2D eigenvalue weighted by atomic mass is 10.3. The Morgan fingerprint density at radius 3 is 3.07 bits per heavy atom. The van der Waals surface area contributed by atoms with Crippen LogP contribution in [-0.2, 0) is 11.2 Å². The van der Waals surface area contributed by atoms with E-state index in [1.54, 1.807) is 7.11 Å². The number of hydrogen-bond acceptors (Lipinski definition) is 2. The molecule has 2 aromatic rings. The lowest BCUT2D eigenvalue weighted by molar-refractivity contribution is 0.194. The van der Waals surface area contributed by atoms with Crippen molar-refractivity contribution in [2.24, 2.45) is 0 Å². The molecule has 2 heterocycles. The predicted molar refractivity (Wildman–Crippen MR) is 60.1 cm³/mol. The summed E-state index contributed by atoms with van der Waals surface area (Å²) in [5.74, 6) is 1.12. The van der Waals surface area contributed by atoms with Crippen LogP contribution in [0.25, 0.3) is 5.52 Å². The van der Waals surface area contributed by atoms with Crippen molar-refractivity contribution in [1.29, 1.82) is 0 Å².